The number of hydrogen-bond donors (Lipinski definition) is 1. The van der Waals surface area contributed by atoms with Crippen LogP contribution in [0.3, 0.4) is 0 Å². The molecule has 2 aliphatic rings. The maximum absolute atomic E-state index is 12.8. The zero-order valence-corrected chi connectivity index (χ0v) is 13.2. The van der Waals surface area contributed by atoms with E-state index in [1.54, 1.807) is 7.11 Å². The fourth-order valence-corrected chi connectivity index (χ4v) is 3.90. The SMILES string of the molecule is COCC1CCCN(C(=O)C2CC(N)C(C)CC2C)C1. The van der Waals surface area contributed by atoms with Gasteiger partial charge in [0, 0.05) is 32.2 Å². The summed E-state index contributed by atoms with van der Waals surface area (Å²) in [5.41, 5.74) is 6.18. The number of ether oxygens (including phenoxy) is 1. The van der Waals surface area contributed by atoms with Crippen LogP contribution in [0.1, 0.15) is 39.5 Å². The highest BCUT2D eigenvalue weighted by Gasteiger charge is 2.38. The molecule has 0 radical (unpaired) electrons. The van der Waals surface area contributed by atoms with Crippen LogP contribution in [0.5, 0.6) is 0 Å². The summed E-state index contributed by atoms with van der Waals surface area (Å²) in [6.45, 7) is 6.95. The number of piperidine rings is 1. The molecule has 1 heterocycles. The number of hydrogen-bond acceptors (Lipinski definition) is 3. The van der Waals surface area contributed by atoms with E-state index in [0.29, 0.717) is 23.7 Å². The molecule has 1 aliphatic heterocycles. The third-order valence-corrected chi connectivity index (χ3v) is 5.24. The number of rotatable bonds is 3. The van der Waals surface area contributed by atoms with Gasteiger partial charge < -0.3 is 15.4 Å². The van der Waals surface area contributed by atoms with E-state index in [0.717, 1.165) is 39.0 Å². The van der Waals surface area contributed by atoms with Gasteiger partial charge in [0.15, 0.2) is 0 Å². The highest BCUT2D eigenvalue weighted by Crippen LogP contribution is 2.34. The summed E-state index contributed by atoms with van der Waals surface area (Å²) in [7, 11) is 1.74. The fourth-order valence-electron chi connectivity index (χ4n) is 3.90. The Morgan fingerprint density at radius 3 is 2.75 bits per heavy atom. The standard InChI is InChI=1S/C16H30N2O2/c1-11-7-12(2)15(17)8-14(11)16(19)18-6-4-5-13(9-18)10-20-3/h11-15H,4-10,17H2,1-3H3. The Morgan fingerprint density at radius 2 is 2.05 bits per heavy atom. The van der Waals surface area contributed by atoms with Crippen molar-refractivity contribution in [1.29, 1.82) is 0 Å². The Hall–Kier alpha value is -0.610. The van der Waals surface area contributed by atoms with Gasteiger partial charge in [-0.3, -0.25) is 4.79 Å². The molecule has 5 atom stereocenters. The fraction of sp³-hybridized carbons (Fsp3) is 0.938. The zero-order valence-electron chi connectivity index (χ0n) is 13.2. The number of nitrogens with two attached hydrogens (primary N) is 1. The van der Waals surface area contributed by atoms with Crippen LogP contribution in [0.15, 0.2) is 0 Å². The van der Waals surface area contributed by atoms with Gasteiger partial charge in [-0.25, -0.2) is 0 Å². The maximum Gasteiger partial charge on any atom is 0.226 e. The van der Waals surface area contributed by atoms with Crippen molar-refractivity contribution in [3.8, 4) is 0 Å². The first-order valence-electron chi connectivity index (χ1n) is 8.06. The summed E-state index contributed by atoms with van der Waals surface area (Å²) in [6.07, 6.45) is 4.21. The van der Waals surface area contributed by atoms with Crippen molar-refractivity contribution >= 4 is 5.91 Å². The molecule has 1 saturated carbocycles. The topological polar surface area (TPSA) is 55.6 Å². The lowest BCUT2D eigenvalue weighted by Crippen LogP contribution is -2.49. The van der Waals surface area contributed by atoms with E-state index < -0.39 is 0 Å². The second-order valence-corrected chi connectivity index (χ2v) is 6.94. The third kappa shape index (κ3) is 3.53. The van der Waals surface area contributed by atoms with Gasteiger partial charge in [-0.05, 0) is 43.4 Å². The minimum absolute atomic E-state index is 0.127. The molecule has 0 aromatic heterocycles. The Labute approximate surface area is 123 Å². The lowest BCUT2D eigenvalue weighted by molar-refractivity contribution is -0.141. The van der Waals surface area contributed by atoms with Crippen molar-refractivity contribution in [3.63, 3.8) is 0 Å². The van der Waals surface area contributed by atoms with Gasteiger partial charge in [0.25, 0.3) is 0 Å². The van der Waals surface area contributed by atoms with E-state index in [1.165, 1.54) is 6.42 Å². The molecule has 0 spiro atoms. The molecule has 4 heteroatoms. The Morgan fingerprint density at radius 1 is 1.30 bits per heavy atom. The van der Waals surface area contributed by atoms with Crippen LogP contribution in [0.4, 0.5) is 0 Å². The van der Waals surface area contributed by atoms with E-state index >= 15 is 0 Å². The van der Waals surface area contributed by atoms with Crippen LogP contribution in [-0.2, 0) is 9.53 Å². The van der Waals surface area contributed by atoms with Gasteiger partial charge in [-0.2, -0.15) is 0 Å². The Balaban J connectivity index is 1.96. The van der Waals surface area contributed by atoms with Crippen LogP contribution >= 0.6 is 0 Å². The second kappa shape index (κ2) is 6.90. The van der Waals surface area contributed by atoms with Gasteiger partial charge in [-0.1, -0.05) is 13.8 Å². The van der Waals surface area contributed by atoms with Crippen molar-refractivity contribution < 1.29 is 9.53 Å². The van der Waals surface area contributed by atoms with Crippen LogP contribution in [0, 0.1) is 23.7 Å². The Bertz CT molecular complexity index is 332. The number of carbonyl (C=O) groups is 1. The average Bonchev–Trinajstić information content (AvgIpc) is 2.43. The van der Waals surface area contributed by atoms with Gasteiger partial charge in [-0.15, -0.1) is 0 Å². The summed E-state index contributed by atoms with van der Waals surface area (Å²) < 4.78 is 5.25. The monoisotopic (exact) mass is 282 g/mol. The van der Waals surface area contributed by atoms with E-state index in [1.807, 2.05) is 0 Å². The predicted molar refractivity (Wildman–Crippen MR) is 80.2 cm³/mol. The van der Waals surface area contributed by atoms with E-state index in [4.69, 9.17) is 10.5 Å². The van der Waals surface area contributed by atoms with E-state index in [9.17, 15) is 4.79 Å². The average molecular weight is 282 g/mol. The van der Waals surface area contributed by atoms with Gasteiger partial charge in [0.2, 0.25) is 5.91 Å². The first-order chi connectivity index (χ1) is 9.52. The van der Waals surface area contributed by atoms with Crippen LogP contribution in [-0.4, -0.2) is 43.7 Å². The lowest BCUT2D eigenvalue weighted by Gasteiger charge is -2.40. The number of methoxy groups -OCH3 is 1. The molecule has 2 fully saturated rings. The van der Waals surface area contributed by atoms with Crippen LogP contribution in [0.25, 0.3) is 0 Å². The molecule has 20 heavy (non-hydrogen) atoms. The molecule has 116 valence electrons. The third-order valence-electron chi connectivity index (χ3n) is 5.24. The summed E-state index contributed by atoms with van der Waals surface area (Å²) in [5.74, 6) is 1.96. The second-order valence-electron chi connectivity index (χ2n) is 6.94. The molecule has 1 amide bonds. The van der Waals surface area contributed by atoms with E-state index in [-0.39, 0.29) is 12.0 Å². The van der Waals surface area contributed by atoms with Gasteiger partial charge in [0.05, 0.1) is 6.61 Å². The summed E-state index contributed by atoms with van der Waals surface area (Å²) in [4.78, 5) is 14.9. The van der Waals surface area contributed by atoms with Crippen molar-refractivity contribution in [2.75, 3.05) is 26.8 Å². The highest BCUT2D eigenvalue weighted by molar-refractivity contribution is 5.79. The van der Waals surface area contributed by atoms with Crippen molar-refractivity contribution in [2.24, 2.45) is 29.4 Å². The molecular weight excluding hydrogens is 252 g/mol. The smallest absolute Gasteiger partial charge is 0.226 e. The Kier molecular flexibility index (Phi) is 5.44. The first-order valence-corrected chi connectivity index (χ1v) is 8.06. The number of nitrogens with zero attached hydrogens (tertiary/aromatic N) is 1. The maximum atomic E-state index is 12.8. The molecule has 5 unspecified atom stereocenters. The van der Waals surface area contributed by atoms with Gasteiger partial charge >= 0.3 is 0 Å². The minimum atomic E-state index is 0.127. The normalized spacial score (nSPS) is 38.8. The number of likely N-dealkylation sites (tertiary alicyclic amines) is 1. The molecule has 0 aromatic rings. The van der Waals surface area contributed by atoms with Crippen molar-refractivity contribution in [2.45, 2.75) is 45.6 Å². The zero-order chi connectivity index (χ0) is 14.7. The molecule has 1 aliphatic carbocycles. The minimum Gasteiger partial charge on any atom is -0.384 e. The quantitative estimate of drug-likeness (QED) is 0.860. The predicted octanol–water partition coefficient (Wildman–Crippen LogP) is 1.88. The van der Waals surface area contributed by atoms with Crippen molar-refractivity contribution in [3.05, 3.63) is 0 Å². The molecule has 2 rings (SSSR count). The van der Waals surface area contributed by atoms with E-state index in [2.05, 4.69) is 18.7 Å². The first kappa shape index (κ1) is 15.8. The summed E-state index contributed by atoms with van der Waals surface area (Å²) in [5, 5.41) is 0. The molecule has 1 saturated heterocycles. The summed E-state index contributed by atoms with van der Waals surface area (Å²) >= 11 is 0. The largest absolute Gasteiger partial charge is 0.384 e. The molecular formula is C16H30N2O2. The van der Waals surface area contributed by atoms with Crippen LogP contribution in [0.2, 0.25) is 0 Å². The van der Waals surface area contributed by atoms with Crippen molar-refractivity contribution in [1.82, 2.24) is 4.90 Å². The number of carbonyl (C=O) groups excluding carboxylic acids is 1. The van der Waals surface area contributed by atoms with Crippen LogP contribution < -0.4 is 5.73 Å². The number of amides is 1. The lowest BCUT2D eigenvalue weighted by atomic mass is 9.72. The molecule has 0 aromatic carbocycles. The van der Waals surface area contributed by atoms with Gasteiger partial charge in [0.1, 0.15) is 0 Å². The highest BCUT2D eigenvalue weighted by atomic mass is 16.5. The molecule has 2 N–H and O–H groups in total. The molecule has 0 bridgehead atoms. The molecule has 4 nitrogen and oxygen atoms in total. The summed E-state index contributed by atoms with van der Waals surface area (Å²) in [6, 6.07) is 0.180.